The number of hydrogen-bond acceptors (Lipinski definition) is 7. The highest BCUT2D eigenvalue weighted by Crippen LogP contribution is 2.28. The van der Waals surface area contributed by atoms with Crippen LogP contribution in [0.4, 0.5) is 10.5 Å². The van der Waals surface area contributed by atoms with Crippen molar-refractivity contribution in [3.05, 3.63) is 60.2 Å². The molecule has 0 aliphatic carbocycles. The topological polar surface area (TPSA) is 116 Å². The van der Waals surface area contributed by atoms with Crippen molar-refractivity contribution in [3.63, 3.8) is 0 Å². The Morgan fingerprint density at radius 3 is 2.49 bits per heavy atom. The van der Waals surface area contributed by atoms with Crippen LogP contribution in [-0.2, 0) is 16.1 Å². The molecule has 0 spiro atoms. The van der Waals surface area contributed by atoms with E-state index in [2.05, 4.69) is 30.8 Å². The van der Waals surface area contributed by atoms with Crippen molar-refractivity contribution in [2.45, 2.75) is 44.4 Å². The fraction of sp³-hybridized carbons (Fsp3) is 0.400. The summed E-state index contributed by atoms with van der Waals surface area (Å²) in [5.41, 5.74) is 2.34. The van der Waals surface area contributed by atoms with Gasteiger partial charge in [-0.25, -0.2) is 4.79 Å². The van der Waals surface area contributed by atoms with Gasteiger partial charge in [0, 0.05) is 23.8 Å². The van der Waals surface area contributed by atoms with Gasteiger partial charge in [-0.2, -0.15) is 5.21 Å². The Bertz CT molecular complexity index is 1120. The Hall–Kier alpha value is -3.79. The van der Waals surface area contributed by atoms with Gasteiger partial charge in [-0.3, -0.25) is 14.6 Å². The van der Waals surface area contributed by atoms with E-state index in [4.69, 9.17) is 4.74 Å². The van der Waals surface area contributed by atoms with Crippen molar-refractivity contribution < 1.29 is 14.3 Å². The largest absolute Gasteiger partial charge is 0.445 e. The first-order valence-corrected chi connectivity index (χ1v) is 12.1. The van der Waals surface area contributed by atoms with E-state index in [9.17, 15) is 9.59 Å². The number of anilines is 1. The van der Waals surface area contributed by atoms with Gasteiger partial charge in [-0.1, -0.05) is 36.8 Å². The molecule has 3 aromatic rings. The van der Waals surface area contributed by atoms with Gasteiger partial charge in [0.25, 0.3) is 0 Å². The third kappa shape index (κ3) is 5.32. The van der Waals surface area contributed by atoms with E-state index >= 15 is 0 Å². The number of aromatic amines is 1. The van der Waals surface area contributed by atoms with Crippen LogP contribution in [0.3, 0.4) is 0 Å². The number of piperidine rings is 1. The molecule has 2 aromatic carbocycles. The number of H-pyrrole nitrogens is 1. The van der Waals surface area contributed by atoms with E-state index in [1.54, 1.807) is 17.0 Å². The van der Waals surface area contributed by atoms with Crippen LogP contribution in [0.1, 0.15) is 31.2 Å². The van der Waals surface area contributed by atoms with Crippen molar-refractivity contribution >= 4 is 17.7 Å². The van der Waals surface area contributed by atoms with Gasteiger partial charge in [0.2, 0.25) is 11.7 Å². The number of likely N-dealkylation sites (tertiary alicyclic amines) is 2. The molecule has 0 radical (unpaired) electrons. The summed E-state index contributed by atoms with van der Waals surface area (Å²) in [4.78, 5) is 30.6. The molecule has 2 amide bonds. The van der Waals surface area contributed by atoms with E-state index < -0.39 is 12.1 Å². The van der Waals surface area contributed by atoms with Gasteiger partial charge >= 0.3 is 6.09 Å². The van der Waals surface area contributed by atoms with Gasteiger partial charge in [-0.15, -0.1) is 10.2 Å². The summed E-state index contributed by atoms with van der Waals surface area (Å²) in [6, 6.07) is 16.2. The number of rotatable bonds is 6. The van der Waals surface area contributed by atoms with E-state index in [1.807, 2.05) is 42.5 Å². The Morgan fingerprint density at radius 2 is 1.77 bits per heavy atom. The molecule has 10 heteroatoms. The molecule has 2 N–H and O–H groups in total. The molecule has 5 rings (SSSR count). The van der Waals surface area contributed by atoms with Gasteiger partial charge < -0.3 is 10.1 Å². The van der Waals surface area contributed by atoms with Gasteiger partial charge in [-0.05, 0) is 67.4 Å². The number of amides is 2. The molecule has 0 saturated carbocycles. The van der Waals surface area contributed by atoms with Gasteiger partial charge in [0.05, 0.1) is 0 Å². The summed E-state index contributed by atoms with van der Waals surface area (Å²) >= 11 is 0. The molecular formula is C25H29N7O3. The lowest BCUT2D eigenvalue weighted by molar-refractivity contribution is -0.121. The van der Waals surface area contributed by atoms with Crippen molar-refractivity contribution in [2.24, 2.45) is 0 Å². The highest BCUT2D eigenvalue weighted by atomic mass is 16.6. The molecule has 2 atom stereocenters. The smallest absolute Gasteiger partial charge is 0.410 e. The second kappa shape index (κ2) is 10.6. The Balaban J connectivity index is 1.30. The summed E-state index contributed by atoms with van der Waals surface area (Å²) in [7, 11) is 0. The lowest BCUT2D eigenvalue weighted by Crippen LogP contribution is -2.54. The van der Waals surface area contributed by atoms with Crippen LogP contribution in [0.5, 0.6) is 0 Å². The predicted molar refractivity (Wildman–Crippen MR) is 129 cm³/mol. The number of ether oxygens (including phenoxy) is 1. The lowest BCUT2D eigenvalue weighted by atomic mass is 10.0. The van der Waals surface area contributed by atoms with Crippen LogP contribution in [0.15, 0.2) is 54.6 Å². The van der Waals surface area contributed by atoms with E-state index in [0.717, 1.165) is 43.5 Å². The number of hydrogen-bond donors (Lipinski definition) is 2. The van der Waals surface area contributed by atoms with Crippen LogP contribution < -0.4 is 5.32 Å². The molecule has 1 aromatic heterocycles. The molecule has 3 heterocycles. The molecule has 2 saturated heterocycles. The first kappa shape index (κ1) is 23.0. The molecule has 2 aliphatic rings. The van der Waals surface area contributed by atoms with Crippen LogP contribution in [0.2, 0.25) is 0 Å². The number of benzene rings is 2. The van der Waals surface area contributed by atoms with Crippen molar-refractivity contribution in [1.82, 2.24) is 30.4 Å². The number of tetrazole rings is 1. The minimum absolute atomic E-state index is 0.0295. The van der Waals surface area contributed by atoms with E-state index in [-0.39, 0.29) is 18.6 Å². The van der Waals surface area contributed by atoms with E-state index in [1.165, 1.54) is 6.42 Å². The lowest BCUT2D eigenvalue weighted by Gasteiger charge is -2.36. The minimum Gasteiger partial charge on any atom is -0.445 e. The molecule has 35 heavy (non-hydrogen) atoms. The second-order valence-corrected chi connectivity index (χ2v) is 8.93. The number of carbonyl (C=O) groups excluding carboxylic acids is 2. The fourth-order valence-corrected chi connectivity index (χ4v) is 4.93. The first-order valence-electron chi connectivity index (χ1n) is 12.1. The average molecular weight is 476 g/mol. The zero-order valence-corrected chi connectivity index (χ0v) is 19.5. The predicted octanol–water partition coefficient (Wildman–Crippen LogP) is 3.07. The number of carbonyl (C=O) groups is 2. The van der Waals surface area contributed by atoms with Crippen LogP contribution >= 0.6 is 0 Å². The minimum atomic E-state index is -0.617. The molecular weight excluding hydrogens is 446 g/mol. The Labute approximate surface area is 203 Å². The molecule has 182 valence electrons. The van der Waals surface area contributed by atoms with Crippen LogP contribution in [0.25, 0.3) is 11.4 Å². The molecule has 2 fully saturated rings. The highest BCUT2D eigenvalue weighted by Gasteiger charge is 2.45. The average Bonchev–Trinajstić information content (AvgIpc) is 3.60. The van der Waals surface area contributed by atoms with Gasteiger partial charge in [0.15, 0.2) is 0 Å². The summed E-state index contributed by atoms with van der Waals surface area (Å²) in [6.07, 6.45) is 3.72. The SMILES string of the molecule is O=C(Nc1ccc(-c2nn[nH]n2)cc1)[C@H]1[C@@H](N2CCCCC2)CCN1C(=O)OCc1ccccc1. The quantitative estimate of drug-likeness (QED) is 0.563. The number of nitrogens with zero attached hydrogens (tertiary/aromatic N) is 5. The van der Waals surface area contributed by atoms with Crippen molar-refractivity contribution in [1.29, 1.82) is 0 Å². The highest BCUT2D eigenvalue weighted by molar-refractivity contribution is 5.97. The Morgan fingerprint density at radius 1 is 1.00 bits per heavy atom. The van der Waals surface area contributed by atoms with E-state index in [0.29, 0.717) is 18.1 Å². The van der Waals surface area contributed by atoms with Crippen molar-refractivity contribution in [3.8, 4) is 11.4 Å². The maximum Gasteiger partial charge on any atom is 0.410 e. The molecule has 0 unspecified atom stereocenters. The molecule has 10 nitrogen and oxygen atoms in total. The monoisotopic (exact) mass is 475 g/mol. The fourth-order valence-electron chi connectivity index (χ4n) is 4.93. The number of nitrogens with one attached hydrogen (secondary N) is 2. The first-order chi connectivity index (χ1) is 17.2. The summed E-state index contributed by atoms with van der Waals surface area (Å²) in [5, 5.41) is 17.0. The molecule has 2 aliphatic heterocycles. The molecule has 0 bridgehead atoms. The summed E-state index contributed by atoms with van der Waals surface area (Å²) < 4.78 is 5.60. The zero-order chi connectivity index (χ0) is 24.0. The maximum absolute atomic E-state index is 13.5. The van der Waals surface area contributed by atoms with Crippen LogP contribution in [-0.4, -0.2) is 74.1 Å². The second-order valence-electron chi connectivity index (χ2n) is 8.93. The summed E-state index contributed by atoms with van der Waals surface area (Å²) in [6.45, 7) is 2.56. The van der Waals surface area contributed by atoms with Crippen LogP contribution in [0, 0.1) is 0 Å². The zero-order valence-electron chi connectivity index (χ0n) is 19.5. The normalized spacial score (nSPS) is 20.5. The number of aromatic nitrogens is 4. The third-order valence-corrected chi connectivity index (χ3v) is 6.69. The summed E-state index contributed by atoms with van der Waals surface area (Å²) in [5.74, 6) is 0.276. The van der Waals surface area contributed by atoms with Crippen molar-refractivity contribution in [2.75, 3.05) is 25.0 Å². The third-order valence-electron chi connectivity index (χ3n) is 6.69. The van der Waals surface area contributed by atoms with Gasteiger partial charge in [0.1, 0.15) is 12.6 Å². The Kier molecular flexibility index (Phi) is 6.99. The maximum atomic E-state index is 13.5. The standard InChI is InChI=1S/C25H29N7O3/c33-24(26-20-11-9-19(10-12-20)23-27-29-30-28-23)22-21(31-14-5-2-6-15-31)13-16-32(22)25(34)35-17-18-7-3-1-4-8-18/h1,3-4,7-12,21-22H,2,5-6,13-17H2,(H,26,33)(H,27,28,29,30)/t21-,22+/m0/s1.